The molecule has 1 saturated heterocycles. The van der Waals surface area contributed by atoms with Crippen molar-refractivity contribution in [3.8, 4) is 0 Å². The fraction of sp³-hybridized carbons (Fsp3) is 0.412. The fourth-order valence-corrected chi connectivity index (χ4v) is 4.73. The predicted molar refractivity (Wildman–Crippen MR) is 76.8 cm³/mol. The van der Waals surface area contributed by atoms with Gasteiger partial charge in [0.15, 0.2) is 0 Å². The molecule has 1 aliphatic heterocycles. The molecule has 2 amide bonds. The van der Waals surface area contributed by atoms with E-state index in [4.69, 9.17) is 0 Å². The minimum Gasteiger partial charge on any atom is -0.273 e. The maximum Gasteiger partial charge on any atom is 0.250 e. The van der Waals surface area contributed by atoms with Crippen LogP contribution in [0.25, 0.3) is 0 Å². The lowest BCUT2D eigenvalue weighted by Crippen LogP contribution is -2.64. The predicted octanol–water partition coefficient (Wildman–Crippen LogP) is 1.75. The number of hydrogen-bond acceptors (Lipinski definition) is 2. The summed E-state index contributed by atoms with van der Waals surface area (Å²) in [6.45, 7) is 0. The van der Waals surface area contributed by atoms with Gasteiger partial charge in [0, 0.05) is 0 Å². The van der Waals surface area contributed by atoms with Crippen LogP contribution in [0.4, 0.5) is 5.69 Å². The van der Waals surface area contributed by atoms with Gasteiger partial charge in [0.2, 0.25) is 11.8 Å². The molecule has 106 valence electrons. The highest BCUT2D eigenvalue weighted by Gasteiger charge is 2.64. The molecule has 4 heteroatoms. The molecule has 2 bridgehead atoms. The molecule has 0 spiro atoms. The zero-order chi connectivity index (χ0) is 14.1. The van der Waals surface area contributed by atoms with Gasteiger partial charge in [0.25, 0.3) is 0 Å². The first-order valence-corrected chi connectivity index (χ1v) is 7.63. The second-order valence-electron chi connectivity index (χ2n) is 6.64. The van der Waals surface area contributed by atoms with Gasteiger partial charge >= 0.3 is 0 Å². The number of benzene rings is 1. The van der Waals surface area contributed by atoms with E-state index in [1.54, 1.807) is 0 Å². The van der Waals surface area contributed by atoms with Crippen molar-refractivity contribution < 1.29 is 9.59 Å². The number of carbonyl (C=O) groups excluding carboxylic acids is 2. The molecule has 2 saturated carbocycles. The number of nitrogens with one attached hydrogen (secondary N) is 1. The number of hydrogen-bond donors (Lipinski definition) is 1. The third-order valence-corrected chi connectivity index (χ3v) is 5.70. The molecule has 6 rings (SSSR count). The lowest BCUT2D eigenvalue weighted by molar-refractivity contribution is -0.146. The Labute approximate surface area is 122 Å². The molecular formula is C17H16N2O2. The summed E-state index contributed by atoms with van der Waals surface area (Å²) in [6, 6.07) is 9.38. The van der Waals surface area contributed by atoms with Crippen LogP contribution in [0.2, 0.25) is 0 Å². The van der Waals surface area contributed by atoms with Crippen molar-refractivity contribution in [3.05, 3.63) is 42.5 Å². The van der Waals surface area contributed by atoms with Gasteiger partial charge in [-0.25, -0.2) is 5.01 Å². The smallest absolute Gasteiger partial charge is 0.250 e. The minimum absolute atomic E-state index is 0.00755. The lowest BCUT2D eigenvalue weighted by Gasteiger charge is -2.48. The number of carbonyl (C=O) groups is 2. The van der Waals surface area contributed by atoms with Crippen molar-refractivity contribution in [3.63, 3.8) is 0 Å². The number of anilines is 1. The molecule has 1 aromatic carbocycles. The van der Waals surface area contributed by atoms with Gasteiger partial charge in [-0.2, -0.15) is 0 Å². The molecule has 4 nitrogen and oxygen atoms in total. The van der Waals surface area contributed by atoms with E-state index in [2.05, 4.69) is 17.6 Å². The summed E-state index contributed by atoms with van der Waals surface area (Å²) >= 11 is 0. The summed E-state index contributed by atoms with van der Waals surface area (Å²) in [5.41, 5.74) is 3.56. The molecule has 0 aromatic heterocycles. The van der Waals surface area contributed by atoms with E-state index in [1.807, 2.05) is 30.3 Å². The quantitative estimate of drug-likeness (QED) is 0.797. The molecule has 1 aromatic rings. The first kappa shape index (κ1) is 11.5. The van der Waals surface area contributed by atoms with Crippen LogP contribution >= 0.6 is 0 Å². The Kier molecular flexibility index (Phi) is 2.06. The van der Waals surface area contributed by atoms with Crippen molar-refractivity contribution in [1.29, 1.82) is 0 Å². The highest BCUT2D eigenvalue weighted by atomic mass is 16.2. The lowest BCUT2D eigenvalue weighted by atomic mass is 9.61. The minimum atomic E-state index is -0.169. The number of para-hydroxylation sites is 1. The molecule has 3 fully saturated rings. The monoisotopic (exact) mass is 280 g/mol. The average Bonchev–Trinajstić information content (AvgIpc) is 3.33. The number of rotatable bonds is 1. The van der Waals surface area contributed by atoms with E-state index in [9.17, 15) is 9.59 Å². The van der Waals surface area contributed by atoms with Crippen molar-refractivity contribution in [2.45, 2.75) is 6.42 Å². The van der Waals surface area contributed by atoms with E-state index in [0.29, 0.717) is 11.8 Å². The van der Waals surface area contributed by atoms with Gasteiger partial charge in [0.1, 0.15) is 0 Å². The standard InChI is InChI=1S/C17H16N2O2/c20-16-14-10-6-7-11(13-8-12(10)13)15(14)17(21)19(18-16)9-4-2-1-3-5-9/h1-7,10-15H,8H2,(H,18,20)/t10-,11+,12+,13-,14+,15-/m0/s1. The van der Waals surface area contributed by atoms with Gasteiger partial charge in [-0.05, 0) is 42.2 Å². The van der Waals surface area contributed by atoms with Gasteiger partial charge in [0.05, 0.1) is 17.5 Å². The zero-order valence-electron chi connectivity index (χ0n) is 11.5. The second kappa shape index (κ2) is 3.75. The van der Waals surface area contributed by atoms with Crippen molar-refractivity contribution in [1.82, 2.24) is 5.43 Å². The van der Waals surface area contributed by atoms with Gasteiger partial charge in [-0.15, -0.1) is 0 Å². The summed E-state index contributed by atoms with van der Waals surface area (Å²) in [7, 11) is 0. The number of allylic oxidation sites excluding steroid dienone is 2. The van der Waals surface area contributed by atoms with Crippen LogP contribution in [-0.4, -0.2) is 11.8 Å². The van der Waals surface area contributed by atoms with Crippen molar-refractivity contribution in [2.75, 3.05) is 5.01 Å². The molecular weight excluding hydrogens is 264 g/mol. The molecule has 6 atom stereocenters. The van der Waals surface area contributed by atoms with E-state index in [0.717, 1.165) is 5.69 Å². The highest BCUT2D eigenvalue weighted by Crippen LogP contribution is 2.64. The highest BCUT2D eigenvalue weighted by molar-refractivity contribution is 6.04. The Morgan fingerprint density at radius 1 is 0.952 bits per heavy atom. The summed E-state index contributed by atoms with van der Waals surface area (Å²) in [4.78, 5) is 25.5. The third kappa shape index (κ3) is 1.40. The zero-order valence-corrected chi connectivity index (χ0v) is 11.5. The number of nitrogens with zero attached hydrogens (tertiary/aromatic N) is 1. The normalized spacial score (nSPS) is 42.4. The van der Waals surface area contributed by atoms with E-state index >= 15 is 0 Å². The number of hydrazine groups is 1. The summed E-state index contributed by atoms with van der Waals surface area (Å²) in [5.74, 6) is 1.54. The molecule has 5 aliphatic rings. The molecule has 0 radical (unpaired) electrons. The van der Waals surface area contributed by atoms with Crippen LogP contribution in [0.5, 0.6) is 0 Å². The van der Waals surface area contributed by atoms with Crippen LogP contribution in [0, 0.1) is 35.5 Å². The van der Waals surface area contributed by atoms with Crippen molar-refractivity contribution >= 4 is 17.5 Å². The van der Waals surface area contributed by atoms with Crippen LogP contribution < -0.4 is 10.4 Å². The average molecular weight is 280 g/mol. The molecule has 4 aliphatic carbocycles. The molecule has 21 heavy (non-hydrogen) atoms. The first-order chi connectivity index (χ1) is 10.3. The van der Waals surface area contributed by atoms with Gasteiger partial charge < -0.3 is 0 Å². The second-order valence-corrected chi connectivity index (χ2v) is 6.64. The summed E-state index contributed by atoms with van der Waals surface area (Å²) in [6.07, 6.45) is 5.56. The van der Waals surface area contributed by atoms with Crippen LogP contribution in [0.3, 0.4) is 0 Å². The van der Waals surface area contributed by atoms with Gasteiger partial charge in [-0.3, -0.25) is 15.0 Å². The molecule has 0 unspecified atom stereocenters. The maximum atomic E-state index is 12.9. The maximum absolute atomic E-state index is 12.9. The van der Waals surface area contributed by atoms with E-state index < -0.39 is 0 Å². The fourth-order valence-electron chi connectivity index (χ4n) is 4.73. The van der Waals surface area contributed by atoms with Gasteiger partial charge in [-0.1, -0.05) is 30.4 Å². The molecule has 1 heterocycles. The topological polar surface area (TPSA) is 49.4 Å². The van der Waals surface area contributed by atoms with Crippen LogP contribution in [0.15, 0.2) is 42.5 Å². The number of amides is 2. The van der Waals surface area contributed by atoms with Crippen LogP contribution in [-0.2, 0) is 9.59 Å². The van der Waals surface area contributed by atoms with E-state index in [1.165, 1.54) is 11.4 Å². The SMILES string of the molecule is O=C1NN(c2ccccc2)C(=O)[C@H]2[C@@H]3C=C[C@@H]([C@H]4C[C@@H]34)[C@@H]12. The van der Waals surface area contributed by atoms with E-state index in [-0.39, 0.29) is 35.5 Å². The van der Waals surface area contributed by atoms with Crippen LogP contribution in [0.1, 0.15) is 6.42 Å². The Hall–Kier alpha value is -2.10. The summed E-state index contributed by atoms with van der Waals surface area (Å²) < 4.78 is 0. The Bertz CT molecular complexity index is 669. The largest absolute Gasteiger partial charge is 0.273 e. The summed E-state index contributed by atoms with van der Waals surface area (Å²) in [5, 5.41) is 1.45. The third-order valence-electron chi connectivity index (χ3n) is 5.70. The Morgan fingerprint density at radius 2 is 1.62 bits per heavy atom. The molecule has 1 N–H and O–H groups in total. The Balaban J connectivity index is 1.56. The van der Waals surface area contributed by atoms with Crippen molar-refractivity contribution in [2.24, 2.45) is 35.5 Å². The Morgan fingerprint density at radius 3 is 2.33 bits per heavy atom. The first-order valence-electron chi connectivity index (χ1n) is 7.63.